The second-order valence-electron chi connectivity index (χ2n) is 6.58. The molecule has 8 heteroatoms. The van der Waals surface area contributed by atoms with E-state index in [1.807, 2.05) is 47.9 Å². The van der Waals surface area contributed by atoms with Crippen LogP contribution < -0.4 is 5.32 Å². The molecule has 4 rings (SSSR count). The number of hydrogen-bond donors (Lipinski definition) is 1. The largest absolute Gasteiger partial charge is 0.345 e. The van der Waals surface area contributed by atoms with Crippen molar-refractivity contribution in [2.24, 2.45) is 0 Å². The number of aryl methyl sites for hydroxylation is 2. The second kappa shape index (κ2) is 7.59. The Morgan fingerprint density at radius 3 is 2.93 bits per heavy atom. The number of aromatic nitrogens is 5. The predicted molar refractivity (Wildman–Crippen MR) is 103 cm³/mol. The van der Waals surface area contributed by atoms with Crippen molar-refractivity contribution >= 4 is 11.6 Å². The lowest BCUT2D eigenvalue weighted by Crippen LogP contribution is -2.24. The topological polar surface area (TPSA) is 98.2 Å². The van der Waals surface area contributed by atoms with Gasteiger partial charge in [0.2, 0.25) is 0 Å². The summed E-state index contributed by atoms with van der Waals surface area (Å²) in [7, 11) is 0. The molecule has 0 radical (unpaired) electrons. The van der Waals surface area contributed by atoms with Gasteiger partial charge in [0.1, 0.15) is 0 Å². The Bertz CT molecular complexity index is 1130. The molecular formula is C20H20N6O2. The number of fused-ring (bicyclic) bond motifs is 1. The summed E-state index contributed by atoms with van der Waals surface area (Å²) in [6, 6.07) is 11.2. The fourth-order valence-corrected chi connectivity index (χ4v) is 2.94. The van der Waals surface area contributed by atoms with E-state index < -0.39 is 0 Å². The maximum atomic E-state index is 12.3. The Hall–Kier alpha value is -3.55. The van der Waals surface area contributed by atoms with Crippen LogP contribution in [-0.2, 0) is 13.0 Å². The maximum absolute atomic E-state index is 12.3. The number of nitrogens with zero attached hydrogens (tertiary/aromatic N) is 5. The monoisotopic (exact) mass is 376 g/mol. The van der Waals surface area contributed by atoms with Crippen LogP contribution in [0.25, 0.3) is 17.1 Å². The van der Waals surface area contributed by atoms with E-state index in [2.05, 4.69) is 32.6 Å². The number of amides is 1. The maximum Gasteiger partial charge on any atom is 0.258 e. The molecule has 0 bridgehead atoms. The van der Waals surface area contributed by atoms with Crippen LogP contribution in [0, 0.1) is 6.92 Å². The molecule has 8 nitrogen and oxygen atoms in total. The quantitative estimate of drug-likeness (QED) is 0.555. The van der Waals surface area contributed by atoms with Crippen molar-refractivity contribution in [3.05, 3.63) is 65.4 Å². The van der Waals surface area contributed by atoms with Gasteiger partial charge in [-0.2, -0.15) is 4.98 Å². The SMILES string of the molecule is CCCc1noc(-c2ccn3c(CNC(=O)c4cccc(C)c4)nnc3c2)n1. The highest BCUT2D eigenvalue weighted by Gasteiger charge is 2.13. The summed E-state index contributed by atoms with van der Waals surface area (Å²) in [6.45, 7) is 4.29. The highest BCUT2D eigenvalue weighted by atomic mass is 16.5. The lowest BCUT2D eigenvalue weighted by atomic mass is 10.1. The fourth-order valence-electron chi connectivity index (χ4n) is 2.94. The number of pyridine rings is 1. The molecule has 0 fully saturated rings. The molecule has 3 heterocycles. The van der Waals surface area contributed by atoms with Gasteiger partial charge in [0.05, 0.1) is 6.54 Å². The van der Waals surface area contributed by atoms with Gasteiger partial charge in [0, 0.05) is 23.7 Å². The van der Waals surface area contributed by atoms with E-state index in [0.29, 0.717) is 28.8 Å². The molecule has 142 valence electrons. The van der Waals surface area contributed by atoms with E-state index in [1.54, 1.807) is 6.07 Å². The van der Waals surface area contributed by atoms with E-state index >= 15 is 0 Å². The summed E-state index contributed by atoms with van der Waals surface area (Å²) in [5.74, 6) is 1.65. The molecule has 28 heavy (non-hydrogen) atoms. The number of nitrogens with one attached hydrogen (secondary N) is 1. The molecule has 0 saturated carbocycles. The van der Waals surface area contributed by atoms with Crippen LogP contribution >= 0.6 is 0 Å². The van der Waals surface area contributed by atoms with Gasteiger partial charge >= 0.3 is 0 Å². The molecule has 0 aliphatic heterocycles. The Morgan fingerprint density at radius 1 is 1.21 bits per heavy atom. The average Bonchev–Trinajstić information content (AvgIpc) is 3.33. The number of carbonyl (C=O) groups is 1. The Balaban J connectivity index is 1.50. The summed E-state index contributed by atoms with van der Waals surface area (Å²) in [5.41, 5.74) is 3.09. The van der Waals surface area contributed by atoms with Crippen molar-refractivity contribution in [1.29, 1.82) is 0 Å². The van der Waals surface area contributed by atoms with Crippen LogP contribution in [-0.4, -0.2) is 30.6 Å². The first-order chi connectivity index (χ1) is 13.6. The van der Waals surface area contributed by atoms with Crippen molar-refractivity contribution < 1.29 is 9.32 Å². The van der Waals surface area contributed by atoms with Gasteiger partial charge in [-0.25, -0.2) is 0 Å². The Labute approximate surface area is 161 Å². The molecule has 1 amide bonds. The van der Waals surface area contributed by atoms with Gasteiger partial charge in [-0.15, -0.1) is 10.2 Å². The number of carbonyl (C=O) groups excluding carboxylic acids is 1. The van der Waals surface area contributed by atoms with E-state index in [-0.39, 0.29) is 12.5 Å². The minimum Gasteiger partial charge on any atom is -0.345 e. The fraction of sp³-hybridized carbons (Fsp3) is 0.250. The third-order valence-electron chi connectivity index (χ3n) is 4.36. The van der Waals surface area contributed by atoms with Crippen molar-refractivity contribution in [2.45, 2.75) is 33.2 Å². The van der Waals surface area contributed by atoms with Gasteiger partial charge < -0.3 is 9.84 Å². The van der Waals surface area contributed by atoms with Crippen molar-refractivity contribution in [2.75, 3.05) is 0 Å². The normalized spacial score (nSPS) is 11.1. The number of hydrogen-bond acceptors (Lipinski definition) is 6. The second-order valence-corrected chi connectivity index (χ2v) is 6.58. The zero-order chi connectivity index (χ0) is 19.5. The molecule has 0 aliphatic carbocycles. The van der Waals surface area contributed by atoms with Crippen LogP contribution in [0.4, 0.5) is 0 Å². The molecule has 1 aromatic carbocycles. The molecule has 0 aliphatic rings. The number of benzene rings is 1. The van der Waals surface area contributed by atoms with E-state index in [9.17, 15) is 4.79 Å². The van der Waals surface area contributed by atoms with Gasteiger partial charge in [-0.3, -0.25) is 9.20 Å². The average molecular weight is 376 g/mol. The summed E-state index contributed by atoms with van der Waals surface area (Å²) in [4.78, 5) is 16.7. The Morgan fingerprint density at radius 2 is 2.11 bits per heavy atom. The molecular weight excluding hydrogens is 356 g/mol. The molecule has 0 saturated heterocycles. The van der Waals surface area contributed by atoms with Crippen LogP contribution in [0.2, 0.25) is 0 Å². The zero-order valence-electron chi connectivity index (χ0n) is 15.7. The number of rotatable bonds is 6. The van der Waals surface area contributed by atoms with Crippen molar-refractivity contribution in [3.8, 4) is 11.5 Å². The van der Waals surface area contributed by atoms with Crippen LogP contribution in [0.3, 0.4) is 0 Å². The highest BCUT2D eigenvalue weighted by molar-refractivity contribution is 5.94. The summed E-state index contributed by atoms with van der Waals surface area (Å²) in [6.07, 6.45) is 3.57. The van der Waals surface area contributed by atoms with E-state index in [1.165, 1.54) is 0 Å². The molecule has 1 N–H and O–H groups in total. The third kappa shape index (κ3) is 3.62. The highest BCUT2D eigenvalue weighted by Crippen LogP contribution is 2.19. The minimum atomic E-state index is -0.147. The first-order valence-corrected chi connectivity index (χ1v) is 9.15. The summed E-state index contributed by atoms with van der Waals surface area (Å²) >= 11 is 0. The first kappa shape index (κ1) is 17.8. The Kier molecular flexibility index (Phi) is 4.84. The lowest BCUT2D eigenvalue weighted by Gasteiger charge is -2.05. The summed E-state index contributed by atoms with van der Waals surface area (Å²) < 4.78 is 7.14. The standard InChI is InChI=1S/C20H20N6O2/c1-3-5-16-22-20(28-25-16)15-8-9-26-17(11-15)23-24-18(26)12-21-19(27)14-7-4-6-13(2)10-14/h4,6-11H,3,5,12H2,1-2H3,(H,21,27). The van der Waals surface area contributed by atoms with Gasteiger partial charge in [-0.1, -0.05) is 29.8 Å². The molecule has 0 spiro atoms. The van der Waals surface area contributed by atoms with Crippen molar-refractivity contribution in [3.63, 3.8) is 0 Å². The summed E-state index contributed by atoms with van der Waals surface area (Å²) in [5, 5.41) is 15.2. The van der Waals surface area contributed by atoms with Gasteiger partial charge in [0.25, 0.3) is 11.8 Å². The molecule has 0 atom stereocenters. The van der Waals surface area contributed by atoms with Crippen LogP contribution in [0.1, 0.15) is 40.9 Å². The minimum absolute atomic E-state index is 0.147. The molecule has 0 unspecified atom stereocenters. The smallest absolute Gasteiger partial charge is 0.258 e. The molecule has 3 aromatic heterocycles. The first-order valence-electron chi connectivity index (χ1n) is 9.15. The lowest BCUT2D eigenvalue weighted by molar-refractivity contribution is 0.0949. The zero-order valence-corrected chi connectivity index (χ0v) is 15.7. The van der Waals surface area contributed by atoms with Gasteiger partial charge in [-0.05, 0) is 37.6 Å². The predicted octanol–water partition coefficient (Wildman–Crippen LogP) is 2.97. The van der Waals surface area contributed by atoms with Crippen LogP contribution in [0.5, 0.6) is 0 Å². The van der Waals surface area contributed by atoms with E-state index in [4.69, 9.17) is 4.52 Å². The third-order valence-corrected chi connectivity index (χ3v) is 4.36. The van der Waals surface area contributed by atoms with Gasteiger partial charge in [0.15, 0.2) is 17.3 Å². The molecule has 4 aromatic rings. The van der Waals surface area contributed by atoms with Crippen molar-refractivity contribution in [1.82, 2.24) is 30.1 Å². The van der Waals surface area contributed by atoms with E-state index in [0.717, 1.165) is 24.0 Å². The van der Waals surface area contributed by atoms with Crippen LogP contribution in [0.15, 0.2) is 47.1 Å².